The fourth-order valence-electron chi connectivity index (χ4n) is 2.96. The van der Waals surface area contributed by atoms with Crippen LogP contribution in [0.15, 0.2) is 88.2 Å². The van der Waals surface area contributed by atoms with Gasteiger partial charge >= 0.3 is 0 Å². The SMILES string of the molecule is N#CC(C#N)=Cc1ccc(N2c3ccccc3Sc3ccccc32)cc1. The summed E-state index contributed by atoms with van der Waals surface area (Å²) in [6, 6.07) is 28.4. The molecular weight excluding hydrogens is 338 g/mol. The van der Waals surface area contributed by atoms with Crippen LogP contribution in [0.5, 0.6) is 0 Å². The molecule has 3 aromatic carbocycles. The zero-order valence-corrected chi connectivity index (χ0v) is 14.6. The Labute approximate surface area is 156 Å². The second-order valence-corrected chi connectivity index (χ2v) is 6.83. The third-order valence-corrected chi connectivity index (χ3v) is 5.27. The Hall–Kier alpha value is -3.47. The normalized spacial score (nSPS) is 11.5. The van der Waals surface area contributed by atoms with Crippen molar-refractivity contribution >= 4 is 34.9 Å². The minimum Gasteiger partial charge on any atom is -0.308 e. The lowest BCUT2D eigenvalue weighted by molar-refractivity contribution is 1.17. The maximum absolute atomic E-state index is 8.91. The minimum absolute atomic E-state index is 0.0998. The lowest BCUT2D eigenvalue weighted by Crippen LogP contribution is -2.14. The van der Waals surface area contributed by atoms with Gasteiger partial charge in [0.05, 0.1) is 11.4 Å². The van der Waals surface area contributed by atoms with Gasteiger partial charge in [-0.25, -0.2) is 0 Å². The largest absolute Gasteiger partial charge is 0.308 e. The number of rotatable bonds is 2. The number of para-hydroxylation sites is 2. The Morgan fingerprint density at radius 3 is 1.85 bits per heavy atom. The van der Waals surface area contributed by atoms with Crippen LogP contribution in [0.1, 0.15) is 5.56 Å². The highest BCUT2D eigenvalue weighted by Crippen LogP contribution is 2.50. The first-order valence-electron chi connectivity index (χ1n) is 8.08. The molecular formula is C22H13N3S. The molecule has 0 aromatic heterocycles. The average molecular weight is 351 g/mol. The van der Waals surface area contributed by atoms with Gasteiger partial charge in [0, 0.05) is 15.5 Å². The van der Waals surface area contributed by atoms with Gasteiger partial charge in [-0.05, 0) is 48.0 Å². The van der Waals surface area contributed by atoms with Gasteiger partial charge in [0.15, 0.2) is 0 Å². The van der Waals surface area contributed by atoms with Crippen LogP contribution < -0.4 is 4.90 Å². The summed E-state index contributed by atoms with van der Waals surface area (Å²) in [7, 11) is 0. The fraction of sp³-hybridized carbons (Fsp3) is 0. The molecule has 4 rings (SSSR count). The van der Waals surface area contributed by atoms with Crippen LogP contribution in [-0.4, -0.2) is 0 Å². The molecule has 1 aliphatic rings. The van der Waals surface area contributed by atoms with Crippen molar-refractivity contribution in [3.8, 4) is 12.1 Å². The van der Waals surface area contributed by atoms with Gasteiger partial charge in [-0.1, -0.05) is 48.2 Å². The van der Waals surface area contributed by atoms with Gasteiger partial charge in [-0.2, -0.15) is 10.5 Å². The molecule has 3 aromatic rings. The van der Waals surface area contributed by atoms with Crippen LogP contribution in [0.2, 0.25) is 0 Å². The molecule has 0 atom stereocenters. The van der Waals surface area contributed by atoms with Crippen molar-refractivity contribution in [2.75, 3.05) is 4.90 Å². The molecule has 0 saturated heterocycles. The summed E-state index contributed by atoms with van der Waals surface area (Å²) in [5.41, 5.74) is 4.27. The molecule has 4 heteroatoms. The van der Waals surface area contributed by atoms with Gasteiger partial charge in [-0.15, -0.1) is 0 Å². The van der Waals surface area contributed by atoms with Crippen molar-refractivity contribution in [2.45, 2.75) is 9.79 Å². The zero-order chi connectivity index (χ0) is 17.9. The molecule has 0 bridgehead atoms. The van der Waals surface area contributed by atoms with E-state index in [0.29, 0.717) is 0 Å². The maximum Gasteiger partial charge on any atom is 0.130 e. The van der Waals surface area contributed by atoms with E-state index in [1.54, 1.807) is 17.8 Å². The van der Waals surface area contributed by atoms with Crippen molar-refractivity contribution in [3.05, 3.63) is 83.9 Å². The monoisotopic (exact) mass is 351 g/mol. The Bertz CT molecular complexity index is 1020. The van der Waals surface area contributed by atoms with Gasteiger partial charge in [0.2, 0.25) is 0 Å². The Morgan fingerprint density at radius 1 is 0.769 bits per heavy atom. The van der Waals surface area contributed by atoms with Crippen LogP contribution in [0, 0.1) is 22.7 Å². The number of benzene rings is 3. The van der Waals surface area contributed by atoms with Gasteiger partial charge < -0.3 is 4.90 Å². The van der Waals surface area contributed by atoms with Crippen LogP contribution in [0.3, 0.4) is 0 Å². The summed E-state index contributed by atoms with van der Waals surface area (Å²) in [5.74, 6) is 0. The van der Waals surface area contributed by atoms with E-state index >= 15 is 0 Å². The Morgan fingerprint density at radius 2 is 1.31 bits per heavy atom. The molecule has 3 nitrogen and oxygen atoms in total. The number of fused-ring (bicyclic) bond motifs is 2. The standard InChI is InChI=1S/C22H13N3S/c23-14-17(15-24)13-16-9-11-18(12-10-16)25-19-5-1-3-7-21(19)26-22-8-4-2-6-20(22)25/h1-13H. The van der Waals surface area contributed by atoms with E-state index in [1.165, 1.54) is 9.79 Å². The molecule has 122 valence electrons. The first-order valence-corrected chi connectivity index (χ1v) is 8.90. The third kappa shape index (κ3) is 2.84. The number of anilines is 3. The highest BCUT2D eigenvalue weighted by Gasteiger charge is 2.23. The van der Waals surface area contributed by atoms with Crippen molar-refractivity contribution < 1.29 is 0 Å². The quantitative estimate of drug-likeness (QED) is 0.412. The van der Waals surface area contributed by atoms with Gasteiger partial charge in [0.1, 0.15) is 17.7 Å². The summed E-state index contributed by atoms with van der Waals surface area (Å²) in [5, 5.41) is 17.8. The predicted molar refractivity (Wildman–Crippen MR) is 104 cm³/mol. The third-order valence-electron chi connectivity index (χ3n) is 4.14. The molecule has 0 saturated carbocycles. The molecule has 0 radical (unpaired) electrons. The number of nitriles is 2. The first-order chi connectivity index (χ1) is 12.8. The summed E-state index contributed by atoms with van der Waals surface area (Å²) in [6.07, 6.45) is 1.59. The lowest BCUT2D eigenvalue weighted by Gasteiger charge is -2.32. The molecule has 0 spiro atoms. The number of hydrogen-bond donors (Lipinski definition) is 0. The first kappa shape index (κ1) is 16.0. The second kappa shape index (κ2) is 6.80. The Kier molecular flexibility index (Phi) is 4.19. The van der Waals surface area contributed by atoms with Crippen molar-refractivity contribution in [3.63, 3.8) is 0 Å². The zero-order valence-electron chi connectivity index (χ0n) is 13.8. The molecule has 0 unspecified atom stereocenters. The number of allylic oxidation sites excluding steroid dienone is 1. The van der Waals surface area contributed by atoms with E-state index in [0.717, 1.165) is 22.6 Å². The van der Waals surface area contributed by atoms with Gasteiger partial charge in [-0.3, -0.25) is 0 Å². The highest BCUT2D eigenvalue weighted by atomic mass is 32.2. The van der Waals surface area contributed by atoms with Crippen LogP contribution >= 0.6 is 11.8 Å². The summed E-state index contributed by atoms with van der Waals surface area (Å²) >= 11 is 1.78. The van der Waals surface area contributed by atoms with Gasteiger partial charge in [0.25, 0.3) is 0 Å². The lowest BCUT2D eigenvalue weighted by atomic mass is 10.1. The van der Waals surface area contributed by atoms with E-state index in [2.05, 4.69) is 41.3 Å². The predicted octanol–water partition coefficient (Wildman–Crippen LogP) is 6.05. The van der Waals surface area contributed by atoms with E-state index in [9.17, 15) is 0 Å². The second-order valence-electron chi connectivity index (χ2n) is 5.75. The fourth-order valence-corrected chi connectivity index (χ4v) is 4.02. The molecule has 1 aliphatic heterocycles. The minimum atomic E-state index is 0.0998. The van der Waals surface area contributed by atoms with E-state index in [4.69, 9.17) is 10.5 Å². The van der Waals surface area contributed by atoms with Crippen molar-refractivity contribution in [2.24, 2.45) is 0 Å². The summed E-state index contributed by atoms with van der Waals surface area (Å²) < 4.78 is 0. The number of nitrogens with zero attached hydrogens (tertiary/aromatic N) is 3. The topological polar surface area (TPSA) is 50.8 Å². The van der Waals surface area contributed by atoms with Crippen LogP contribution in [0.4, 0.5) is 17.1 Å². The molecule has 0 N–H and O–H groups in total. The molecule has 26 heavy (non-hydrogen) atoms. The Balaban J connectivity index is 1.80. The summed E-state index contributed by atoms with van der Waals surface area (Å²) in [4.78, 5) is 4.67. The highest BCUT2D eigenvalue weighted by molar-refractivity contribution is 7.99. The average Bonchev–Trinajstić information content (AvgIpc) is 2.71. The molecule has 0 aliphatic carbocycles. The van der Waals surface area contributed by atoms with Crippen molar-refractivity contribution in [1.82, 2.24) is 0 Å². The van der Waals surface area contributed by atoms with E-state index in [-0.39, 0.29) is 5.57 Å². The maximum atomic E-state index is 8.91. The molecule has 1 heterocycles. The molecule has 0 fully saturated rings. The molecule has 0 amide bonds. The van der Waals surface area contributed by atoms with Crippen LogP contribution in [-0.2, 0) is 0 Å². The number of hydrogen-bond acceptors (Lipinski definition) is 4. The van der Waals surface area contributed by atoms with E-state index in [1.807, 2.05) is 48.5 Å². The van der Waals surface area contributed by atoms with E-state index < -0.39 is 0 Å². The smallest absolute Gasteiger partial charge is 0.130 e. The van der Waals surface area contributed by atoms with Crippen molar-refractivity contribution in [1.29, 1.82) is 10.5 Å². The van der Waals surface area contributed by atoms with Crippen LogP contribution in [0.25, 0.3) is 6.08 Å². The summed E-state index contributed by atoms with van der Waals surface area (Å²) in [6.45, 7) is 0.